The lowest BCUT2D eigenvalue weighted by atomic mass is 10.2. The molecule has 1 rings (SSSR count). The fourth-order valence-corrected chi connectivity index (χ4v) is 1.50. The molecular weight excluding hydrogens is 138 g/mol. The van der Waals surface area contributed by atoms with Crippen molar-refractivity contribution in [1.29, 1.82) is 0 Å². The van der Waals surface area contributed by atoms with Crippen LogP contribution in [0.15, 0.2) is 0 Å². The van der Waals surface area contributed by atoms with E-state index in [0.717, 1.165) is 26.1 Å². The average Bonchev–Trinajstić information content (AvgIpc) is 2.18. The van der Waals surface area contributed by atoms with Crippen LogP contribution < -0.4 is 11.1 Å². The third-order valence-corrected chi connectivity index (χ3v) is 2.29. The second-order valence-electron chi connectivity index (χ2n) is 3.20. The highest BCUT2D eigenvalue weighted by molar-refractivity contribution is 4.74. The highest BCUT2D eigenvalue weighted by Crippen LogP contribution is 2.04. The Morgan fingerprint density at radius 3 is 3.18 bits per heavy atom. The Labute approximate surface area is 68.9 Å². The molecule has 0 aliphatic carbocycles. The van der Waals surface area contributed by atoms with Crippen LogP contribution in [0.2, 0.25) is 0 Å². The molecule has 0 aromatic rings. The van der Waals surface area contributed by atoms with Gasteiger partial charge in [-0.3, -0.25) is 0 Å². The minimum atomic E-state index is 0.600. The highest BCUT2D eigenvalue weighted by Gasteiger charge is 2.16. The SMILES string of the molecule is CN1CCC[N]CC1CCN. The zero-order chi connectivity index (χ0) is 8.10. The molecule has 0 spiro atoms. The van der Waals surface area contributed by atoms with E-state index >= 15 is 0 Å². The first-order valence-electron chi connectivity index (χ1n) is 4.38. The van der Waals surface area contributed by atoms with Gasteiger partial charge in [0.1, 0.15) is 0 Å². The van der Waals surface area contributed by atoms with Crippen molar-refractivity contribution in [2.75, 3.05) is 33.2 Å². The minimum absolute atomic E-state index is 0.600. The van der Waals surface area contributed by atoms with Gasteiger partial charge in [0.2, 0.25) is 0 Å². The van der Waals surface area contributed by atoms with Crippen LogP contribution in [-0.4, -0.2) is 44.2 Å². The lowest BCUT2D eigenvalue weighted by Gasteiger charge is -2.24. The van der Waals surface area contributed by atoms with Crippen molar-refractivity contribution in [3.63, 3.8) is 0 Å². The molecule has 65 valence electrons. The maximum atomic E-state index is 5.50. The molecule has 3 nitrogen and oxygen atoms in total. The Hall–Kier alpha value is -0.120. The Bertz CT molecular complexity index is 106. The summed E-state index contributed by atoms with van der Waals surface area (Å²) in [5.41, 5.74) is 5.50. The van der Waals surface area contributed by atoms with Gasteiger partial charge in [-0.25, -0.2) is 5.32 Å². The summed E-state index contributed by atoms with van der Waals surface area (Å²) in [4.78, 5) is 2.38. The third kappa shape index (κ3) is 2.77. The smallest absolute Gasteiger partial charge is 0.0290 e. The molecule has 11 heavy (non-hydrogen) atoms. The van der Waals surface area contributed by atoms with E-state index in [0.29, 0.717) is 6.04 Å². The molecule has 1 fully saturated rings. The fraction of sp³-hybridized carbons (Fsp3) is 1.00. The molecule has 0 bridgehead atoms. The first-order valence-corrected chi connectivity index (χ1v) is 4.38. The second kappa shape index (κ2) is 4.70. The zero-order valence-corrected chi connectivity index (χ0v) is 7.29. The summed E-state index contributed by atoms with van der Waals surface area (Å²) in [5, 5.41) is 4.42. The number of nitrogens with two attached hydrogens (primary N) is 1. The van der Waals surface area contributed by atoms with Crippen molar-refractivity contribution in [1.82, 2.24) is 10.2 Å². The molecule has 1 heterocycles. The molecule has 1 aliphatic heterocycles. The second-order valence-corrected chi connectivity index (χ2v) is 3.20. The Kier molecular flexibility index (Phi) is 3.83. The Morgan fingerprint density at radius 2 is 2.45 bits per heavy atom. The van der Waals surface area contributed by atoms with Crippen LogP contribution in [0, 0.1) is 0 Å². The first-order chi connectivity index (χ1) is 5.34. The lowest BCUT2D eigenvalue weighted by molar-refractivity contribution is 0.247. The molecule has 1 saturated heterocycles. The van der Waals surface area contributed by atoms with Crippen molar-refractivity contribution in [3.8, 4) is 0 Å². The lowest BCUT2D eigenvalue weighted by Crippen LogP contribution is -2.36. The maximum absolute atomic E-state index is 5.50. The van der Waals surface area contributed by atoms with Gasteiger partial charge < -0.3 is 10.6 Å². The summed E-state index contributed by atoms with van der Waals surface area (Å²) >= 11 is 0. The standard InChI is InChI=1S/C8H18N3/c1-11-6-2-5-10-7-8(11)3-4-9/h8H,2-7,9H2,1H3. The van der Waals surface area contributed by atoms with Gasteiger partial charge in [-0.05, 0) is 33.0 Å². The normalized spacial score (nSPS) is 28.4. The van der Waals surface area contributed by atoms with E-state index in [9.17, 15) is 0 Å². The molecule has 1 radical (unpaired) electrons. The molecule has 1 atom stereocenters. The summed E-state index contributed by atoms with van der Waals surface area (Å²) in [6.45, 7) is 3.97. The van der Waals surface area contributed by atoms with E-state index in [-0.39, 0.29) is 0 Å². The van der Waals surface area contributed by atoms with Crippen LogP contribution in [0.1, 0.15) is 12.8 Å². The van der Waals surface area contributed by atoms with Gasteiger partial charge in [0.05, 0.1) is 0 Å². The molecule has 2 N–H and O–H groups in total. The van der Waals surface area contributed by atoms with E-state index < -0.39 is 0 Å². The van der Waals surface area contributed by atoms with Crippen LogP contribution >= 0.6 is 0 Å². The zero-order valence-electron chi connectivity index (χ0n) is 7.29. The first kappa shape index (κ1) is 8.97. The van der Waals surface area contributed by atoms with E-state index in [1.165, 1.54) is 13.0 Å². The van der Waals surface area contributed by atoms with Crippen molar-refractivity contribution in [2.24, 2.45) is 5.73 Å². The van der Waals surface area contributed by atoms with Crippen molar-refractivity contribution in [2.45, 2.75) is 18.9 Å². The predicted molar refractivity (Wildman–Crippen MR) is 46.6 cm³/mol. The maximum Gasteiger partial charge on any atom is 0.0290 e. The van der Waals surface area contributed by atoms with Gasteiger partial charge in [0.25, 0.3) is 0 Å². The number of nitrogens with zero attached hydrogens (tertiary/aromatic N) is 2. The summed E-state index contributed by atoms with van der Waals surface area (Å²) in [7, 11) is 2.17. The summed E-state index contributed by atoms with van der Waals surface area (Å²) in [6, 6.07) is 0.600. The molecule has 0 amide bonds. The summed E-state index contributed by atoms with van der Waals surface area (Å²) in [6.07, 6.45) is 2.29. The molecule has 0 aromatic carbocycles. The van der Waals surface area contributed by atoms with Crippen LogP contribution in [0.4, 0.5) is 0 Å². The fourth-order valence-electron chi connectivity index (χ4n) is 1.50. The van der Waals surface area contributed by atoms with Crippen molar-refractivity contribution >= 4 is 0 Å². The monoisotopic (exact) mass is 156 g/mol. The average molecular weight is 156 g/mol. The van der Waals surface area contributed by atoms with E-state index in [1.54, 1.807) is 0 Å². The predicted octanol–water partition coefficient (Wildman–Crippen LogP) is -0.356. The number of likely N-dealkylation sites (N-methyl/N-ethyl adjacent to an activating group) is 1. The summed E-state index contributed by atoms with van der Waals surface area (Å²) < 4.78 is 0. The van der Waals surface area contributed by atoms with Gasteiger partial charge in [0, 0.05) is 19.1 Å². The van der Waals surface area contributed by atoms with Crippen LogP contribution in [0.5, 0.6) is 0 Å². The largest absolute Gasteiger partial charge is 0.330 e. The molecule has 3 heteroatoms. The number of rotatable bonds is 2. The van der Waals surface area contributed by atoms with Crippen LogP contribution in [0.25, 0.3) is 0 Å². The molecule has 1 unspecified atom stereocenters. The number of hydrogen-bond acceptors (Lipinski definition) is 2. The van der Waals surface area contributed by atoms with Gasteiger partial charge >= 0.3 is 0 Å². The number of hydrogen-bond donors (Lipinski definition) is 1. The molecule has 1 aliphatic rings. The van der Waals surface area contributed by atoms with E-state index in [4.69, 9.17) is 5.73 Å². The molecular formula is C8H18N3. The van der Waals surface area contributed by atoms with Crippen LogP contribution in [0.3, 0.4) is 0 Å². The Balaban J connectivity index is 2.32. The van der Waals surface area contributed by atoms with Gasteiger partial charge in [-0.1, -0.05) is 0 Å². The topological polar surface area (TPSA) is 43.4 Å². The molecule has 0 saturated carbocycles. The van der Waals surface area contributed by atoms with E-state index in [1.807, 2.05) is 0 Å². The quantitative estimate of drug-likeness (QED) is 0.593. The van der Waals surface area contributed by atoms with Crippen molar-refractivity contribution in [3.05, 3.63) is 0 Å². The van der Waals surface area contributed by atoms with Gasteiger partial charge in [0.15, 0.2) is 0 Å². The Morgan fingerprint density at radius 1 is 1.64 bits per heavy atom. The highest BCUT2D eigenvalue weighted by atomic mass is 15.2. The van der Waals surface area contributed by atoms with Gasteiger partial charge in [-0.2, -0.15) is 0 Å². The van der Waals surface area contributed by atoms with Crippen LogP contribution in [-0.2, 0) is 0 Å². The van der Waals surface area contributed by atoms with Crippen molar-refractivity contribution < 1.29 is 0 Å². The summed E-state index contributed by atoms with van der Waals surface area (Å²) in [5.74, 6) is 0. The molecule has 0 aromatic heterocycles. The van der Waals surface area contributed by atoms with Gasteiger partial charge in [-0.15, -0.1) is 0 Å². The van der Waals surface area contributed by atoms with E-state index in [2.05, 4.69) is 17.3 Å². The minimum Gasteiger partial charge on any atom is -0.330 e. The third-order valence-electron chi connectivity index (χ3n) is 2.29.